The zero-order chi connectivity index (χ0) is 15.1. The van der Waals surface area contributed by atoms with E-state index in [1.54, 1.807) is 0 Å². The monoisotopic (exact) mass is 289 g/mol. The second-order valence-corrected chi connectivity index (χ2v) is 6.00. The van der Waals surface area contributed by atoms with Gasteiger partial charge in [0, 0.05) is 19.1 Å². The van der Waals surface area contributed by atoms with E-state index in [-0.39, 0.29) is 30.5 Å². The first-order valence-corrected chi connectivity index (χ1v) is 7.21. The van der Waals surface area contributed by atoms with Crippen molar-refractivity contribution in [2.75, 3.05) is 26.2 Å². The summed E-state index contributed by atoms with van der Waals surface area (Å²) in [6.45, 7) is 5.30. The first kappa shape index (κ1) is 17.3. The summed E-state index contributed by atoms with van der Waals surface area (Å²) in [5.74, 6) is 0.429. The zero-order valence-corrected chi connectivity index (χ0v) is 12.2. The summed E-state index contributed by atoms with van der Waals surface area (Å²) in [6.07, 6.45) is -1.30. The fraction of sp³-hybridized carbons (Fsp3) is 0.929. The predicted molar refractivity (Wildman–Crippen MR) is 73.4 cm³/mol. The van der Waals surface area contributed by atoms with E-state index in [0.717, 1.165) is 13.0 Å². The van der Waals surface area contributed by atoms with Gasteiger partial charge in [-0.05, 0) is 24.7 Å². The normalized spacial score (nSPS) is 25.9. The third-order valence-electron chi connectivity index (χ3n) is 3.81. The number of hydrogen-bond acceptors (Lipinski definition) is 4. The largest absolute Gasteiger partial charge is 0.393 e. The maximum Gasteiger partial charge on any atom is 0.250 e. The Morgan fingerprint density at radius 1 is 1.40 bits per heavy atom. The van der Waals surface area contributed by atoms with Gasteiger partial charge in [-0.25, -0.2) is 8.78 Å². The number of likely N-dealkylation sites (tertiary alicyclic amines) is 1. The molecule has 0 amide bonds. The number of piperidine rings is 1. The third kappa shape index (κ3) is 6.12. The van der Waals surface area contributed by atoms with Gasteiger partial charge in [-0.3, -0.25) is 4.90 Å². The van der Waals surface area contributed by atoms with Gasteiger partial charge in [0.2, 0.25) is 0 Å². The predicted octanol–water partition coefficient (Wildman–Crippen LogP) is 1.46. The summed E-state index contributed by atoms with van der Waals surface area (Å²) in [5, 5.41) is 21.6. The molecule has 0 aliphatic carbocycles. The van der Waals surface area contributed by atoms with Gasteiger partial charge in [-0.1, -0.05) is 13.8 Å². The van der Waals surface area contributed by atoms with E-state index in [1.807, 2.05) is 18.7 Å². The minimum absolute atomic E-state index is 0.0320. The number of hydrogen-bond donors (Lipinski definition) is 2. The molecule has 0 aromatic heterocycles. The zero-order valence-electron chi connectivity index (χ0n) is 12.2. The quantitative estimate of drug-likeness (QED) is 0.697. The summed E-state index contributed by atoms with van der Waals surface area (Å²) in [6, 6.07) is 2.07. The minimum Gasteiger partial charge on any atom is -0.393 e. The van der Waals surface area contributed by atoms with Crippen molar-refractivity contribution in [3.05, 3.63) is 0 Å². The number of halogens is 2. The lowest BCUT2D eigenvalue weighted by molar-refractivity contribution is 0.0611. The molecule has 1 heterocycles. The number of aliphatic hydroxyl groups is 1. The molecule has 0 aromatic rings. The van der Waals surface area contributed by atoms with Crippen LogP contribution in [0, 0.1) is 23.2 Å². The molecule has 2 N–H and O–H groups in total. The Balaban J connectivity index is 2.53. The Labute approximate surface area is 119 Å². The molecule has 1 aliphatic rings. The SMILES string of the molecule is CC(C)C(O)CC1CC(NCC(F)F)CN(CC#N)C1. The molecule has 3 atom stereocenters. The molecule has 116 valence electrons. The van der Waals surface area contributed by atoms with Crippen LogP contribution in [-0.2, 0) is 0 Å². The van der Waals surface area contributed by atoms with Crippen LogP contribution >= 0.6 is 0 Å². The van der Waals surface area contributed by atoms with Crippen LogP contribution in [0.25, 0.3) is 0 Å². The Morgan fingerprint density at radius 2 is 2.10 bits per heavy atom. The highest BCUT2D eigenvalue weighted by molar-refractivity contribution is 4.89. The average Bonchev–Trinajstić information content (AvgIpc) is 2.36. The molecule has 1 rings (SSSR count). The Kier molecular flexibility index (Phi) is 7.35. The third-order valence-corrected chi connectivity index (χ3v) is 3.81. The number of nitriles is 1. The minimum atomic E-state index is -2.36. The lowest BCUT2D eigenvalue weighted by atomic mass is 9.87. The van der Waals surface area contributed by atoms with Gasteiger partial charge >= 0.3 is 0 Å². The smallest absolute Gasteiger partial charge is 0.250 e. The molecule has 1 fully saturated rings. The number of aliphatic hydroxyl groups excluding tert-OH is 1. The molecule has 1 aliphatic heterocycles. The van der Waals surface area contributed by atoms with Crippen LogP contribution < -0.4 is 5.32 Å². The van der Waals surface area contributed by atoms with Gasteiger partial charge in [0.05, 0.1) is 25.3 Å². The summed E-state index contributed by atoms with van der Waals surface area (Å²) in [7, 11) is 0. The highest BCUT2D eigenvalue weighted by Crippen LogP contribution is 2.23. The summed E-state index contributed by atoms with van der Waals surface area (Å²) >= 11 is 0. The molecule has 0 saturated carbocycles. The Morgan fingerprint density at radius 3 is 2.65 bits per heavy atom. The lowest BCUT2D eigenvalue weighted by Gasteiger charge is -2.38. The molecule has 1 saturated heterocycles. The van der Waals surface area contributed by atoms with Crippen molar-refractivity contribution in [3.63, 3.8) is 0 Å². The van der Waals surface area contributed by atoms with E-state index < -0.39 is 6.43 Å². The van der Waals surface area contributed by atoms with Crippen molar-refractivity contribution in [2.45, 2.75) is 45.3 Å². The summed E-state index contributed by atoms with van der Waals surface area (Å²) in [5.41, 5.74) is 0. The highest BCUT2D eigenvalue weighted by atomic mass is 19.3. The molecule has 0 radical (unpaired) electrons. The molecule has 4 nitrogen and oxygen atoms in total. The number of nitrogens with one attached hydrogen (secondary N) is 1. The molecule has 0 aromatic carbocycles. The van der Waals surface area contributed by atoms with Crippen molar-refractivity contribution in [1.82, 2.24) is 10.2 Å². The molecule has 0 spiro atoms. The van der Waals surface area contributed by atoms with Crippen molar-refractivity contribution in [2.24, 2.45) is 11.8 Å². The topological polar surface area (TPSA) is 59.3 Å². The molecule has 6 heteroatoms. The van der Waals surface area contributed by atoms with E-state index in [9.17, 15) is 13.9 Å². The maximum atomic E-state index is 12.3. The van der Waals surface area contributed by atoms with E-state index >= 15 is 0 Å². The van der Waals surface area contributed by atoms with Gasteiger partial charge < -0.3 is 10.4 Å². The van der Waals surface area contributed by atoms with Crippen LogP contribution in [0.2, 0.25) is 0 Å². The fourth-order valence-electron chi connectivity index (χ4n) is 2.72. The van der Waals surface area contributed by atoms with Crippen molar-refractivity contribution >= 4 is 0 Å². The van der Waals surface area contributed by atoms with Crippen molar-refractivity contribution in [1.29, 1.82) is 5.26 Å². The van der Waals surface area contributed by atoms with E-state index in [1.165, 1.54) is 0 Å². The first-order chi connectivity index (χ1) is 9.42. The van der Waals surface area contributed by atoms with Crippen LogP contribution in [0.4, 0.5) is 8.78 Å². The number of rotatable bonds is 7. The molecule has 20 heavy (non-hydrogen) atoms. The van der Waals surface area contributed by atoms with Crippen LogP contribution in [0.5, 0.6) is 0 Å². The average molecular weight is 289 g/mol. The van der Waals surface area contributed by atoms with Gasteiger partial charge in [-0.15, -0.1) is 0 Å². The Bertz CT molecular complexity index is 320. The molecular weight excluding hydrogens is 264 g/mol. The maximum absolute atomic E-state index is 12.3. The van der Waals surface area contributed by atoms with Crippen LogP contribution in [0.3, 0.4) is 0 Å². The fourth-order valence-corrected chi connectivity index (χ4v) is 2.72. The molecule has 3 unspecified atom stereocenters. The Hall–Kier alpha value is -0.770. The second kappa shape index (κ2) is 8.50. The standard InChI is InChI=1S/C14H25F2N3O/c1-10(2)13(20)6-11-5-12(18-7-14(15)16)9-19(8-11)4-3-17/h10-14,18,20H,4-9H2,1-2H3. The first-order valence-electron chi connectivity index (χ1n) is 7.21. The summed E-state index contributed by atoms with van der Waals surface area (Å²) < 4.78 is 24.6. The van der Waals surface area contributed by atoms with Gasteiger partial charge in [0.25, 0.3) is 6.43 Å². The van der Waals surface area contributed by atoms with Gasteiger partial charge in [0.15, 0.2) is 0 Å². The van der Waals surface area contributed by atoms with Crippen molar-refractivity contribution in [3.8, 4) is 6.07 Å². The van der Waals surface area contributed by atoms with Crippen LogP contribution in [-0.4, -0.2) is 54.8 Å². The van der Waals surface area contributed by atoms with Crippen molar-refractivity contribution < 1.29 is 13.9 Å². The van der Waals surface area contributed by atoms with E-state index in [2.05, 4.69) is 11.4 Å². The lowest BCUT2D eigenvalue weighted by Crippen LogP contribution is -2.50. The summed E-state index contributed by atoms with van der Waals surface area (Å²) in [4.78, 5) is 1.98. The van der Waals surface area contributed by atoms with E-state index in [4.69, 9.17) is 5.26 Å². The number of nitrogens with zero attached hydrogens (tertiary/aromatic N) is 2. The number of alkyl halides is 2. The van der Waals surface area contributed by atoms with Gasteiger partial charge in [0.1, 0.15) is 0 Å². The van der Waals surface area contributed by atoms with Crippen LogP contribution in [0.1, 0.15) is 26.7 Å². The highest BCUT2D eigenvalue weighted by Gasteiger charge is 2.29. The molecule has 0 bridgehead atoms. The van der Waals surface area contributed by atoms with Crippen LogP contribution in [0.15, 0.2) is 0 Å². The molecular formula is C14H25F2N3O. The van der Waals surface area contributed by atoms with Gasteiger partial charge in [-0.2, -0.15) is 5.26 Å². The second-order valence-electron chi connectivity index (χ2n) is 6.00. The van der Waals surface area contributed by atoms with E-state index in [0.29, 0.717) is 19.5 Å².